The summed E-state index contributed by atoms with van der Waals surface area (Å²) in [5.74, 6) is -1.44. The first-order valence-electron chi connectivity index (χ1n) is 3.97. The minimum atomic E-state index is -1.44. The Labute approximate surface area is 91.9 Å². The lowest BCUT2D eigenvalue weighted by molar-refractivity contribution is -0.385. The summed E-state index contributed by atoms with van der Waals surface area (Å²) in [5, 5.41) is 24.9. The van der Waals surface area contributed by atoms with Gasteiger partial charge in [0.15, 0.2) is 0 Å². The summed E-state index contributed by atoms with van der Waals surface area (Å²) in [6, 6.07) is 0. The van der Waals surface area contributed by atoms with Crippen LogP contribution < -0.4 is 0 Å². The van der Waals surface area contributed by atoms with Crippen molar-refractivity contribution >= 4 is 23.0 Å². The van der Waals surface area contributed by atoms with Crippen molar-refractivity contribution in [1.29, 1.82) is 0 Å². The molecule has 82 valence electrons. The Morgan fingerprint density at radius 3 is 2.81 bits per heavy atom. The standard InChI is InChI=1S/C7H4N4O4S/c12-6(13)5-4(11(14)15)3-10(9-5)7-8-1-2-16-7/h1-3H,(H,12,13). The van der Waals surface area contributed by atoms with Crippen LogP contribution in [0.4, 0.5) is 5.69 Å². The Morgan fingerprint density at radius 2 is 2.38 bits per heavy atom. The van der Waals surface area contributed by atoms with Gasteiger partial charge < -0.3 is 5.11 Å². The van der Waals surface area contributed by atoms with E-state index in [-0.39, 0.29) is 0 Å². The molecule has 0 unspecified atom stereocenters. The third-order valence-corrected chi connectivity index (χ3v) is 2.47. The topological polar surface area (TPSA) is 111 Å². The van der Waals surface area contributed by atoms with Crippen molar-refractivity contribution in [2.24, 2.45) is 0 Å². The van der Waals surface area contributed by atoms with Crippen molar-refractivity contribution in [1.82, 2.24) is 14.8 Å². The van der Waals surface area contributed by atoms with Gasteiger partial charge in [0.25, 0.3) is 0 Å². The third-order valence-electron chi connectivity index (χ3n) is 1.71. The van der Waals surface area contributed by atoms with E-state index in [1.807, 2.05) is 0 Å². The van der Waals surface area contributed by atoms with Gasteiger partial charge in [0.1, 0.15) is 6.20 Å². The fourth-order valence-electron chi connectivity index (χ4n) is 1.08. The van der Waals surface area contributed by atoms with E-state index in [4.69, 9.17) is 5.11 Å². The number of hydrogen-bond acceptors (Lipinski definition) is 6. The minimum absolute atomic E-state index is 0.371. The van der Waals surface area contributed by atoms with Crippen LogP contribution in [-0.2, 0) is 0 Å². The number of carbonyl (C=O) groups is 1. The number of hydrogen-bond donors (Lipinski definition) is 1. The smallest absolute Gasteiger partial charge is 0.363 e. The molecule has 2 aromatic rings. The van der Waals surface area contributed by atoms with Gasteiger partial charge in [0, 0.05) is 11.6 Å². The predicted octanol–water partition coefficient (Wildman–Crippen LogP) is 0.935. The molecule has 0 radical (unpaired) electrons. The number of rotatable bonds is 3. The van der Waals surface area contributed by atoms with Gasteiger partial charge in [-0.15, -0.1) is 11.3 Å². The molecule has 0 amide bonds. The van der Waals surface area contributed by atoms with Gasteiger partial charge in [0.2, 0.25) is 10.8 Å². The monoisotopic (exact) mass is 240 g/mol. The van der Waals surface area contributed by atoms with Crippen LogP contribution in [-0.4, -0.2) is 30.8 Å². The second kappa shape index (κ2) is 3.70. The number of nitro groups is 1. The molecule has 0 saturated carbocycles. The summed E-state index contributed by atoms with van der Waals surface area (Å²) in [6.07, 6.45) is 2.52. The molecule has 2 aromatic heterocycles. The third kappa shape index (κ3) is 1.63. The molecule has 1 N–H and O–H groups in total. The molecule has 2 rings (SSSR count). The summed E-state index contributed by atoms with van der Waals surface area (Å²) in [4.78, 5) is 24.4. The van der Waals surface area contributed by atoms with E-state index in [0.29, 0.717) is 5.13 Å². The van der Waals surface area contributed by atoms with Crippen LogP contribution in [0.2, 0.25) is 0 Å². The Balaban J connectivity index is 2.55. The maximum Gasteiger partial charge on any atom is 0.363 e. The Morgan fingerprint density at radius 1 is 1.62 bits per heavy atom. The summed E-state index contributed by atoms with van der Waals surface area (Å²) in [5.41, 5.74) is -1.15. The lowest BCUT2D eigenvalue weighted by atomic mass is 10.4. The zero-order chi connectivity index (χ0) is 11.7. The first kappa shape index (κ1) is 10.2. The molecule has 0 fully saturated rings. The molecule has 0 atom stereocenters. The summed E-state index contributed by atoms with van der Waals surface area (Å²) >= 11 is 1.20. The fraction of sp³-hybridized carbons (Fsp3) is 0. The summed E-state index contributed by atoms with van der Waals surface area (Å²) in [7, 11) is 0. The van der Waals surface area contributed by atoms with Crippen LogP contribution in [0, 0.1) is 10.1 Å². The highest BCUT2D eigenvalue weighted by Crippen LogP contribution is 2.20. The molecule has 0 aliphatic heterocycles. The van der Waals surface area contributed by atoms with E-state index in [1.54, 1.807) is 5.38 Å². The molecule has 2 heterocycles. The average Bonchev–Trinajstić information content (AvgIpc) is 2.86. The van der Waals surface area contributed by atoms with E-state index in [9.17, 15) is 14.9 Å². The van der Waals surface area contributed by atoms with Gasteiger partial charge in [-0.25, -0.2) is 14.5 Å². The van der Waals surface area contributed by atoms with Gasteiger partial charge in [0.05, 0.1) is 4.92 Å². The molecule has 0 aliphatic rings. The second-order valence-corrected chi connectivity index (χ2v) is 3.56. The van der Waals surface area contributed by atoms with Crippen LogP contribution >= 0.6 is 11.3 Å². The number of thiazole rings is 1. The SMILES string of the molecule is O=C(O)c1nn(-c2nccs2)cc1[N+](=O)[O-]. The van der Waals surface area contributed by atoms with Crippen LogP contribution in [0.5, 0.6) is 0 Å². The van der Waals surface area contributed by atoms with Gasteiger partial charge in [-0.1, -0.05) is 0 Å². The highest BCUT2D eigenvalue weighted by Gasteiger charge is 2.26. The summed E-state index contributed by atoms with van der Waals surface area (Å²) in [6.45, 7) is 0. The number of carboxylic acids is 1. The molecule has 0 bridgehead atoms. The first-order valence-corrected chi connectivity index (χ1v) is 4.85. The molecular formula is C7H4N4O4S. The Hall–Kier alpha value is -2.29. The first-order chi connectivity index (χ1) is 7.59. The zero-order valence-corrected chi connectivity index (χ0v) is 8.42. The molecule has 9 heteroatoms. The van der Waals surface area contributed by atoms with Gasteiger partial charge in [-0.3, -0.25) is 10.1 Å². The van der Waals surface area contributed by atoms with Crippen molar-refractivity contribution in [3.05, 3.63) is 33.6 Å². The Kier molecular flexibility index (Phi) is 2.37. The average molecular weight is 240 g/mol. The molecule has 0 saturated heterocycles. The molecule has 8 nitrogen and oxygen atoms in total. The van der Waals surface area contributed by atoms with Gasteiger partial charge in [-0.2, -0.15) is 5.10 Å². The van der Waals surface area contributed by atoms with Crippen molar-refractivity contribution in [3.8, 4) is 5.13 Å². The molecule has 0 spiro atoms. The van der Waals surface area contributed by atoms with Crippen molar-refractivity contribution in [3.63, 3.8) is 0 Å². The second-order valence-electron chi connectivity index (χ2n) is 2.68. The highest BCUT2D eigenvalue weighted by atomic mass is 32.1. The van der Waals surface area contributed by atoms with E-state index in [1.165, 1.54) is 17.5 Å². The Bertz CT molecular complexity index is 515. The van der Waals surface area contributed by atoms with Crippen LogP contribution in [0.15, 0.2) is 17.8 Å². The molecule has 0 aliphatic carbocycles. The van der Waals surface area contributed by atoms with E-state index < -0.39 is 22.3 Å². The fourth-order valence-corrected chi connectivity index (χ4v) is 1.64. The molecule has 0 aromatic carbocycles. The predicted molar refractivity (Wildman–Crippen MR) is 52.8 cm³/mol. The van der Waals surface area contributed by atoms with Gasteiger partial charge in [-0.05, 0) is 0 Å². The van der Waals surface area contributed by atoms with E-state index in [0.717, 1.165) is 10.9 Å². The van der Waals surface area contributed by atoms with Gasteiger partial charge >= 0.3 is 11.7 Å². The van der Waals surface area contributed by atoms with Crippen molar-refractivity contribution < 1.29 is 14.8 Å². The van der Waals surface area contributed by atoms with E-state index >= 15 is 0 Å². The number of carboxylic acid groups (broad SMARTS) is 1. The maximum absolute atomic E-state index is 10.7. The minimum Gasteiger partial charge on any atom is -0.476 e. The zero-order valence-electron chi connectivity index (χ0n) is 7.60. The van der Waals surface area contributed by atoms with E-state index in [2.05, 4.69) is 10.1 Å². The van der Waals surface area contributed by atoms with Crippen molar-refractivity contribution in [2.45, 2.75) is 0 Å². The highest BCUT2D eigenvalue weighted by molar-refractivity contribution is 7.12. The van der Waals surface area contributed by atoms with Crippen LogP contribution in [0.25, 0.3) is 5.13 Å². The number of aromatic nitrogens is 3. The number of aromatic carboxylic acids is 1. The lowest BCUT2D eigenvalue weighted by Crippen LogP contribution is -2.02. The summed E-state index contributed by atoms with van der Waals surface area (Å²) < 4.78 is 1.08. The molecule has 16 heavy (non-hydrogen) atoms. The molecular weight excluding hydrogens is 236 g/mol. The normalized spacial score (nSPS) is 10.2. The number of nitrogens with zero attached hydrogens (tertiary/aromatic N) is 4. The van der Waals surface area contributed by atoms with Crippen LogP contribution in [0.3, 0.4) is 0 Å². The lowest BCUT2D eigenvalue weighted by Gasteiger charge is -1.90. The van der Waals surface area contributed by atoms with Crippen LogP contribution in [0.1, 0.15) is 10.5 Å². The largest absolute Gasteiger partial charge is 0.476 e. The maximum atomic E-state index is 10.7. The van der Waals surface area contributed by atoms with Crippen molar-refractivity contribution in [2.75, 3.05) is 0 Å². The quantitative estimate of drug-likeness (QED) is 0.631.